The smallest absolute Gasteiger partial charge is 0.0735 e. The van der Waals surface area contributed by atoms with Gasteiger partial charge < -0.3 is 9.47 Å². The molecule has 0 saturated heterocycles. The number of likely N-dealkylation sites (N-methyl/N-ethyl adjacent to an activating group) is 1. The summed E-state index contributed by atoms with van der Waals surface area (Å²) in [5, 5.41) is 2.18. The van der Waals surface area contributed by atoms with E-state index in [0.29, 0.717) is 0 Å². The van der Waals surface area contributed by atoms with E-state index < -0.39 is 0 Å². The van der Waals surface area contributed by atoms with Gasteiger partial charge in [-0.3, -0.25) is 0 Å². The molecule has 2 heterocycles. The van der Waals surface area contributed by atoms with Crippen LogP contribution in [0.1, 0.15) is 22.2 Å². The number of aromatic nitrogens is 1. The monoisotopic (exact) mass is 372 g/mol. The van der Waals surface area contributed by atoms with Gasteiger partial charge in [-0.2, -0.15) is 0 Å². The average Bonchev–Trinajstić information content (AvgIpc) is 2.84. The molecule has 0 radical (unpaired) electrons. The molecule has 1 aliphatic rings. The van der Waals surface area contributed by atoms with Gasteiger partial charge in [0.15, 0.2) is 0 Å². The molecular formula is C21H22Cl2N2. The van der Waals surface area contributed by atoms with Crippen LogP contribution in [0.15, 0.2) is 48.5 Å². The number of aryl methyl sites for hydroxylation is 2. The predicted octanol–water partition coefficient (Wildman–Crippen LogP) is 5.31. The van der Waals surface area contributed by atoms with E-state index in [4.69, 9.17) is 23.2 Å². The third-order valence-corrected chi connectivity index (χ3v) is 5.92. The van der Waals surface area contributed by atoms with Crippen molar-refractivity contribution in [3.63, 3.8) is 0 Å². The lowest BCUT2D eigenvalue weighted by Gasteiger charge is -2.15. The van der Waals surface area contributed by atoms with E-state index in [1.165, 1.54) is 27.7 Å². The third kappa shape index (κ3) is 3.19. The minimum Gasteiger partial charge on any atom is -0.344 e. The lowest BCUT2D eigenvalue weighted by Crippen LogP contribution is -2.22. The van der Waals surface area contributed by atoms with Gasteiger partial charge >= 0.3 is 0 Å². The van der Waals surface area contributed by atoms with Gasteiger partial charge in [0.25, 0.3) is 0 Å². The number of rotatable bonds is 3. The molecule has 4 heteroatoms. The van der Waals surface area contributed by atoms with E-state index in [-0.39, 0.29) is 5.38 Å². The Hall–Kier alpha value is -1.48. The second kappa shape index (κ2) is 7.03. The highest BCUT2D eigenvalue weighted by Crippen LogP contribution is 2.37. The molecule has 1 aromatic heterocycles. The van der Waals surface area contributed by atoms with Crippen molar-refractivity contribution in [2.24, 2.45) is 0 Å². The van der Waals surface area contributed by atoms with Crippen LogP contribution in [0.25, 0.3) is 10.9 Å². The molecule has 0 fully saturated rings. The number of nitrogens with zero attached hydrogens (tertiary/aromatic N) is 2. The molecule has 130 valence electrons. The van der Waals surface area contributed by atoms with Crippen LogP contribution >= 0.6 is 23.2 Å². The number of benzene rings is 2. The van der Waals surface area contributed by atoms with Gasteiger partial charge in [-0.1, -0.05) is 48.0 Å². The first kappa shape index (κ1) is 17.0. The molecule has 3 aromatic rings. The molecule has 0 aliphatic carbocycles. The first-order valence-corrected chi connectivity index (χ1v) is 9.62. The molecule has 2 aromatic carbocycles. The Kier molecular flexibility index (Phi) is 4.77. The van der Waals surface area contributed by atoms with Gasteiger partial charge in [-0.05, 0) is 31.2 Å². The maximum atomic E-state index is 6.81. The summed E-state index contributed by atoms with van der Waals surface area (Å²) in [6.45, 7) is 2.86. The summed E-state index contributed by atoms with van der Waals surface area (Å²) in [4.78, 5) is 2.32. The van der Waals surface area contributed by atoms with Crippen LogP contribution in [0.3, 0.4) is 0 Å². The lowest BCUT2D eigenvalue weighted by atomic mass is 10.1. The molecule has 0 bridgehead atoms. The van der Waals surface area contributed by atoms with Gasteiger partial charge in [-0.25, -0.2) is 0 Å². The number of hydrogen-bond acceptors (Lipinski definition) is 1. The zero-order valence-electron chi connectivity index (χ0n) is 14.4. The standard InChI is InChI=1S/C21H22Cl2N2/c1-24-12-11-20-21(18(23)14-24)16-7-3-5-9-19(16)25(20)13-10-15-6-2-4-8-17(15)22/h2-9,18H,10-14H2,1H3. The first-order valence-electron chi connectivity index (χ1n) is 8.81. The SMILES string of the molecule is CN1CCc2c(c3ccccc3n2CCc2ccccc2Cl)C(Cl)C1. The molecule has 0 amide bonds. The minimum absolute atomic E-state index is 0.0361. The highest BCUT2D eigenvalue weighted by atomic mass is 35.5. The Morgan fingerprint density at radius 1 is 1.08 bits per heavy atom. The van der Waals surface area contributed by atoms with E-state index in [0.717, 1.165) is 37.5 Å². The van der Waals surface area contributed by atoms with Crippen LogP contribution < -0.4 is 0 Å². The lowest BCUT2D eigenvalue weighted by molar-refractivity contribution is 0.347. The van der Waals surface area contributed by atoms with E-state index in [1.54, 1.807) is 0 Å². The van der Waals surface area contributed by atoms with Crippen molar-refractivity contribution < 1.29 is 0 Å². The van der Waals surface area contributed by atoms with Crippen molar-refractivity contribution in [3.8, 4) is 0 Å². The highest BCUT2D eigenvalue weighted by molar-refractivity contribution is 6.31. The molecule has 0 saturated carbocycles. The van der Waals surface area contributed by atoms with Crippen LogP contribution in [0.5, 0.6) is 0 Å². The normalized spacial score (nSPS) is 18.3. The fourth-order valence-electron chi connectivity index (χ4n) is 3.94. The summed E-state index contributed by atoms with van der Waals surface area (Å²) in [6, 6.07) is 16.8. The Balaban J connectivity index is 1.77. The molecule has 0 spiro atoms. The number of para-hydroxylation sites is 1. The summed E-state index contributed by atoms with van der Waals surface area (Å²) < 4.78 is 2.46. The number of alkyl halides is 1. The molecule has 25 heavy (non-hydrogen) atoms. The fraction of sp³-hybridized carbons (Fsp3) is 0.333. The Morgan fingerprint density at radius 3 is 2.68 bits per heavy atom. The Labute approximate surface area is 159 Å². The van der Waals surface area contributed by atoms with Crippen LogP contribution in [0.4, 0.5) is 0 Å². The van der Waals surface area contributed by atoms with E-state index in [2.05, 4.69) is 52.9 Å². The van der Waals surface area contributed by atoms with Crippen molar-refractivity contribution in [1.82, 2.24) is 9.47 Å². The molecule has 1 atom stereocenters. The summed E-state index contributed by atoms with van der Waals surface area (Å²) in [5.74, 6) is 0. The maximum absolute atomic E-state index is 6.81. The maximum Gasteiger partial charge on any atom is 0.0735 e. The average molecular weight is 373 g/mol. The van der Waals surface area contributed by atoms with Gasteiger partial charge in [0.05, 0.1) is 5.38 Å². The zero-order chi connectivity index (χ0) is 17.4. The van der Waals surface area contributed by atoms with E-state index in [1.807, 2.05) is 12.1 Å². The quantitative estimate of drug-likeness (QED) is 0.565. The second-order valence-electron chi connectivity index (χ2n) is 6.85. The molecule has 2 nitrogen and oxygen atoms in total. The van der Waals surface area contributed by atoms with E-state index in [9.17, 15) is 0 Å². The Morgan fingerprint density at radius 2 is 1.84 bits per heavy atom. The molecular weight excluding hydrogens is 351 g/mol. The van der Waals surface area contributed by atoms with Crippen LogP contribution in [-0.2, 0) is 19.4 Å². The van der Waals surface area contributed by atoms with Gasteiger partial charge in [-0.15, -0.1) is 11.6 Å². The largest absolute Gasteiger partial charge is 0.344 e. The molecule has 1 unspecified atom stereocenters. The molecule has 0 N–H and O–H groups in total. The van der Waals surface area contributed by atoms with E-state index >= 15 is 0 Å². The Bertz CT molecular complexity index is 900. The van der Waals surface area contributed by atoms with Gasteiger partial charge in [0.1, 0.15) is 0 Å². The third-order valence-electron chi connectivity index (χ3n) is 5.20. The van der Waals surface area contributed by atoms with Gasteiger partial charge in [0, 0.05) is 53.2 Å². The molecule has 4 rings (SSSR count). The predicted molar refractivity (Wildman–Crippen MR) is 107 cm³/mol. The number of fused-ring (bicyclic) bond motifs is 3. The van der Waals surface area contributed by atoms with Crippen molar-refractivity contribution in [1.29, 1.82) is 0 Å². The number of halogens is 2. The fourth-order valence-corrected chi connectivity index (χ4v) is 4.65. The van der Waals surface area contributed by atoms with Crippen molar-refractivity contribution in [2.75, 3.05) is 20.1 Å². The number of hydrogen-bond donors (Lipinski definition) is 0. The summed E-state index contributed by atoms with van der Waals surface area (Å²) in [6.07, 6.45) is 1.96. The van der Waals surface area contributed by atoms with Crippen LogP contribution in [0.2, 0.25) is 5.02 Å². The minimum atomic E-state index is 0.0361. The summed E-state index contributed by atoms with van der Waals surface area (Å²) in [5.41, 5.74) is 5.19. The van der Waals surface area contributed by atoms with Crippen LogP contribution in [-0.4, -0.2) is 29.6 Å². The van der Waals surface area contributed by atoms with Crippen molar-refractivity contribution >= 4 is 34.1 Å². The first-order chi connectivity index (χ1) is 12.1. The summed E-state index contributed by atoms with van der Waals surface area (Å²) >= 11 is 13.2. The molecule has 1 aliphatic heterocycles. The zero-order valence-corrected chi connectivity index (χ0v) is 15.9. The van der Waals surface area contributed by atoms with Crippen molar-refractivity contribution in [3.05, 3.63) is 70.4 Å². The topological polar surface area (TPSA) is 8.17 Å². The summed E-state index contributed by atoms with van der Waals surface area (Å²) in [7, 11) is 2.15. The van der Waals surface area contributed by atoms with Gasteiger partial charge in [0.2, 0.25) is 0 Å². The van der Waals surface area contributed by atoms with Crippen molar-refractivity contribution in [2.45, 2.75) is 24.8 Å². The van der Waals surface area contributed by atoms with Crippen LogP contribution in [0, 0.1) is 0 Å². The highest BCUT2D eigenvalue weighted by Gasteiger charge is 2.26. The second-order valence-corrected chi connectivity index (χ2v) is 7.78.